The average Bonchev–Trinajstić information content (AvgIpc) is 2.17. The van der Waals surface area contributed by atoms with Gasteiger partial charge in [-0.3, -0.25) is 0 Å². The van der Waals surface area contributed by atoms with Crippen LogP contribution in [-0.4, -0.2) is 36.2 Å². The highest BCUT2D eigenvalue weighted by Gasteiger charge is 2.25. The first-order chi connectivity index (χ1) is 6.15. The quantitative estimate of drug-likeness (QED) is 0.637. The summed E-state index contributed by atoms with van der Waals surface area (Å²) in [7, 11) is 1.38. The third kappa shape index (κ3) is 2.55. The highest BCUT2D eigenvalue weighted by Crippen LogP contribution is 2.16. The fourth-order valence-corrected chi connectivity index (χ4v) is 1.70. The van der Waals surface area contributed by atoms with E-state index in [1.165, 1.54) is 7.11 Å². The second-order valence-corrected chi connectivity index (χ2v) is 3.63. The van der Waals surface area contributed by atoms with Crippen LogP contribution in [0.25, 0.3) is 0 Å². The molecule has 0 aromatic heterocycles. The highest BCUT2D eigenvalue weighted by molar-refractivity contribution is 7.80. The minimum atomic E-state index is -0.291. The molecule has 1 amide bonds. The maximum Gasteiger partial charge on any atom is 0.409 e. The smallest absolute Gasteiger partial charge is 0.409 e. The molecule has 13 heavy (non-hydrogen) atoms. The van der Waals surface area contributed by atoms with Crippen molar-refractivity contribution in [1.82, 2.24) is 4.90 Å². The van der Waals surface area contributed by atoms with Crippen LogP contribution in [0.4, 0.5) is 4.79 Å². The summed E-state index contributed by atoms with van der Waals surface area (Å²) in [5.74, 6) is 0.155. The van der Waals surface area contributed by atoms with Crippen molar-refractivity contribution in [1.29, 1.82) is 0 Å². The zero-order chi connectivity index (χ0) is 9.84. The Morgan fingerprint density at radius 2 is 2.38 bits per heavy atom. The number of piperidine rings is 1. The zero-order valence-electron chi connectivity index (χ0n) is 7.66. The van der Waals surface area contributed by atoms with Gasteiger partial charge in [0.05, 0.1) is 12.1 Å². The van der Waals surface area contributed by atoms with Crippen molar-refractivity contribution in [3.8, 4) is 0 Å². The van der Waals surface area contributed by atoms with Crippen LogP contribution in [0.3, 0.4) is 0 Å². The molecule has 1 rings (SSSR count). The van der Waals surface area contributed by atoms with E-state index in [9.17, 15) is 4.79 Å². The van der Waals surface area contributed by atoms with Gasteiger partial charge in [-0.1, -0.05) is 12.2 Å². The molecule has 0 bridgehead atoms. The molecular formula is C8H14N2O2S. The summed E-state index contributed by atoms with van der Waals surface area (Å²) in [6, 6.07) is 0. The molecule has 74 valence electrons. The SMILES string of the molecule is COC(=O)N1CCCC(C(N)=S)C1. The average molecular weight is 202 g/mol. The number of carbonyl (C=O) groups excluding carboxylic acids is 1. The Balaban J connectivity index is 2.51. The summed E-state index contributed by atoms with van der Waals surface area (Å²) in [6.45, 7) is 1.34. The van der Waals surface area contributed by atoms with E-state index in [4.69, 9.17) is 18.0 Å². The van der Waals surface area contributed by atoms with Gasteiger partial charge in [0, 0.05) is 19.0 Å². The van der Waals surface area contributed by atoms with Gasteiger partial charge in [-0.2, -0.15) is 0 Å². The van der Waals surface area contributed by atoms with Gasteiger partial charge >= 0.3 is 6.09 Å². The first kappa shape index (κ1) is 10.2. The summed E-state index contributed by atoms with van der Waals surface area (Å²) >= 11 is 4.89. The van der Waals surface area contributed by atoms with E-state index in [2.05, 4.69) is 4.74 Å². The molecule has 0 spiro atoms. The number of hydrogen-bond donors (Lipinski definition) is 1. The first-order valence-electron chi connectivity index (χ1n) is 4.27. The Morgan fingerprint density at radius 3 is 2.92 bits per heavy atom. The molecule has 1 aliphatic rings. The molecule has 1 heterocycles. The van der Waals surface area contributed by atoms with E-state index in [0.717, 1.165) is 19.4 Å². The van der Waals surface area contributed by atoms with E-state index in [1.54, 1.807) is 4.90 Å². The van der Waals surface area contributed by atoms with Crippen molar-refractivity contribution < 1.29 is 9.53 Å². The van der Waals surface area contributed by atoms with Gasteiger partial charge in [0.1, 0.15) is 0 Å². The van der Waals surface area contributed by atoms with Crippen molar-refractivity contribution >= 4 is 23.3 Å². The number of nitrogens with two attached hydrogens (primary N) is 1. The fourth-order valence-electron chi connectivity index (χ4n) is 1.50. The van der Waals surface area contributed by atoms with Crippen molar-refractivity contribution in [3.63, 3.8) is 0 Å². The normalized spacial score (nSPS) is 22.5. The number of thiocarbonyl (C=S) groups is 1. The van der Waals surface area contributed by atoms with E-state index >= 15 is 0 Å². The number of carbonyl (C=O) groups is 1. The predicted molar refractivity (Wildman–Crippen MR) is 53.5 cm³/mol. The largest absolute Gasteiger partial charge is 0.453 e. The molecule has 0 saturated carbocycles. The molecule has 1 aliphatic heterocycles. The van der Waals surface area contributed by atoms with Gasteiger partial charge in [-0.05, 0) is 12.8 Å². The predicted octanol–water partition coefficient (Wildman–Crippen LogP) is 0.751. The van der Waals surface area contributed by atoms with Gasteiger partial charge < -0.3 is 15.4 Å². The number of methoxy groups -OCH3 is 1. The molecular weight excluding hydrogens is 188 g/mol. The molecule has 1 atom stereocenters. The monoisotopic (exact) mass is 202 g/mol. The lowest BCUT2D eigenvalue weighted by Gasteiger charge is -2.30. The van der Waals surface area contributed by atoms with E-state index in [1.807, 2.05) is 0 Å². The van der Waals surface area contributed by atoms with Gasteiger partial charge in [0.25, 0.3) is 0 Å². The van der Waals surface area contributed by atoms with Crippen LogP contribution >= 0.6 is 12.2 Å². The lowest BCUT2D eigenvalue weighted by atomic mass is 9.99. The van der Waals surface area contributed by atoms with Crippen LogP contribution in [0.15, 0.2) is 0 Å². The van der Waals surface area contributed by atoms with Gasteiger partial charge in [0.2, 0.25) is 0 Å². The van der Waals surface area contributed by atoms with E-state index < -0.39 is 0 Å². The van der Waals surface area contributed by atoms with Crippen molar-refractivity contribution in [2.45, 2.75) is 12.8 Å². The second kappa shape index (κ2) is 4.41. The number of rotatable bonds is 1. The Bertz CT molecular complexity index is 220. The summed E-state index contributed by atoms with van der Waals surface area (Å²) < 4.78 is 4.62. The molecule has 1 unspecified atom stereocenters. The van der Waals surface area contributed by atoms with Gasteiger partial charge in [0.15, 0.2) is 0 Å². The maximum atomic E-state index is 11.2. The van der Waals surface area contributed by atoms with Crippen molar-refractivity contribution in [2.75, 3.05) is 20.2 Å². The Morgan fingerprint density at radius 1 is 1.69 bits per heavy atom. The summed E-state index contributed by atoms with van der Waals surface area (Å²) in [5.41, 5.74) is 5.52. The Labute approximate surface area is 83.0 Å². The third-order valence-electron chi connectivity index (χ3n) is 2.26. The molecule has 0 radical (unpaired) electrons. The van der Waals surface area contributed by atoms with Crippen LogP contribution in [0.2, 0.25) is 0 Å². The minimum absolute atomic E-state index is 0.155. The van der Waals surface area contributed by atoms with Crippen molar-refractivity contribution in [2.24, 2.45) is 11.7 Å². The molecule has 5 heteroatoms. The topological polar surface area (TPSA) is 55.6 Å². The summed E-state index contributed by atoms with van der Waals surface area (Å²) in [4.78, 5) is 13.3. The Kier molecular flexibility index (Phi) is 3.48. The fraction of sp³-hybridized carbons (Fsp3) is 0.750. The lowest BCUT2D eigenvalue weighted by molar-refractivity contribution is 0.110. The second-order valence-electron chi connectivity index (χ2n) is 3.16. The van der Waals surface area contributed by atoms with E-state index in [-0.39, 0.29) is 12.0 Å². The summed E-state index contributed by atoms with van der Waals surface area (Å²) in [6.07, 6.45) is 1.63. The molecule has 2 N–H and O–H groups in total. The molecule has 0 aliphatic carbocycles. The van der Waals surface area contributed by atoms with Gasteiger partial charge in [-0.25, -0.2) is 4.79 Å². The first-order valence-corrected chi connectivity index (χ1v) is 4.68. The van der Waals surface area contributed by atoms with Crippen LogP contribution in [0.5, 0.6) is 0 Å². The third-order valence-corrected chi connectivity index (χ3v) is 2.59. The number of hydrogen-bond acceptors (Lipinski definition) is 3. The number of amides is 1. The summed E-state index contributed by atoms with van der Waals surface area (Å²) in [5, 5.41) is 0. The molecule has 0 aromatic carbocycles. The molecule has 0 aromatic rings. The van der Waals surface area contributed by atoms with Crippen molar-refractivity contribution in [3.05, 3.63) is 0 Å². The highest BCUT2D eigenvalue weighted by atomic mass is 32.1. The number of ether oxygens (including phenoxy) is 1. The maximum absolute atomic E-state index is 11.2. The van der Waals surface area contributed by atoms with Crippen LogP contribution in [0.1, 0.15) is 12.8 Å². The molecule has 4 nitrogen and oxygen atoms in total. The van der Waals surface area contributed by atoms with Crippen LogP contribution in [-0.2, 0) is 4.74 Å². The van der Waals surface area contributed by atoms with Gasteiger partial charge in [-0.15, -0.1) is 0 Å². The standard InChI is InChI=1S/C8H14N2O2S/c1-12-8(11)10-4-2-3-6(5-10)7(9)13/h6H,2-5H2,1H3,(H2,9,13). The molecule has 1 saturated heterocycles. The Hall–Kier alpha value is -0.840. The van der Waals surface area contributed by atoms with Crippen LogP contribution in [0, 0.1) is 5.92 Å². The number of nitrogens with zero attached hydrogens (tertiary/aromatic N) is 1. The minimum Gasteiger partial charge on any atom is -0.453 e. The number of likely N-dealkylation sites (tertiary alicyclic amines) is 1. The lowest BCUT2D eigenvalue weighted by Crippen LogP contribution is -2.43. The van der Waals surface area contributed by atoms with E-state index in [0.29, 0.717) is 11.5 Å². The molecule has 1 fully saturated rings. The zero-order valence-corrected chi connectivity index (χ0v) is 8.47. The van der Waals surface area contributed by atoms with Crippen LogP contribution < -0.4 is 5.73 Å².